The van der Waals surface area contributed by atoms with Crippen LogP contribution < -0.4 is 5.56 Å². The Morgan fingerprint density at radius 2 is 1.68 bits per heavy atom. The fraction of sp³-hybridized carbons (Fsp3) is 0.200. The molecular weight excluding hydrogens is 312 g/mol. The first-order valence-electron chi connectivity index (χ1n) is 8.06. The third-order valence-electron chi connectivity index (χ3n) is 4.10. The van der Waals surface area contributed by atoms with Crippen LogP contribution in [0.3, 0.4) is 0 Å². The van der Waals surface area contributed by atoms with Gasteiger partial charge < -0.3 is 0 Å². The monoisotopic (exact) mass is 328 g/mol. The van der Waals surface area contributed by atoms with Gasteiger partial charge >= 0.3 is 0 Å². The summed E-state index contributed by atoms with van der Waals surface area (Å²) in [6, 6.07) is 21.2. The largest absolute Gasteiger partial charge is 0.274 e. The minimum atomic E-state index is -0.422. The predicted octanol–water partition coefficient (Wildman–Crippen LogP) is 3.51. The molecule has 0 aliphatic carbocycles. The molecule has 1 atom stereocenters. The van der Waals surface area contributed by atoms with Gasteiger partial charge in [0.25, 0.3) is 5.56 Å². The van der Waals surface area contributed by atoms with E-state index in [0.717, 1.165) is 10.9 Å². The fourth-order valence-electron chi connectivity index (χ4n) is 2.81. The van der Waals surface area contributed by atoms with E-state index < -0.39 is 5.92 Å². The van der Waals surface area contributed by atoms with Gasteiger partial charge in [0, 0.05) is 17.4 Å². The summed E-state index contributed by atoms with van der Waals surface area (Å²) >= 11 is 0. The van der Waals surface area contributed by atoms with Crippen LogP contribution in [-0.4, -0.2) is 9.78 Å². The number of aromatic nitrogens is 2. The van der Waals surface area contributed by atoms with Crippen LogP contribution in [0, 0.1) is 28.6 Å². The molecule has 122 valence electrons. The van der Waals surface area contributed by atoms with E-state index in [9.17, 15) is 10.1 Å². The Kier molecular flexibility index (Phi) is 4.87. The Labute approximate surface area is 145 Å². The summed E-state index contributed by atoms with van der Waals surface area (Å²) in [6.45, 7) is 0.182. The minimum absolute atomic E-state index is 0.182. The van der Waals surface area contributed by atoms with Gasteiger partial charge in [0.1, 0.15) is 0 Å². The van der Waals surface area contributed by atoms with Crippen LogP contribution in [0.5, 0.6) is 0 Å². The summed E-state index contributed by atoms with van der Waals surface area (Å²) in [5.74, 6) is -0.422. The summed E-state index contributed by atoms with van der Waals surface area (Å²) in [5, 5.41) is 23.9. The van der Waals surface area contributed by atoms with Crippen LogP contribution in [-0.2, 0) is 6.54 Å². The van der Waals surface area contributed by atoms with Gasteiger partial charge in [-0.05, 0) is 12.5 Å². The third-order valence-corrected chi connectivity index (χ3v) is 4.10. The molecule has 0 aliphatic rings. The first-order chi connectivity index (χ1) is 12.2. The van der Waals surface area contributed by atoms with Crippen molar-refractivity contribution < 1.29 is 0 Å². The van der Waals surface area contributed by atoms with Crippen LogP contribution in [0.1, 0.15) is 12.8 Å². The molecule has 0 saturated heterocycles. The van der Waals surface area contributed by atoms with Gasteiger partial charge in [-0.1, -0.05) is 48.5 Å². The van der Waals surface area contributed by atoms with Gasteiger partial charge in [0.05, 0.1) is 35.7 Å². The second kappa shape index (κ2) is 7.42. The van der Waals surface area contributed by atoms with Crippen molar-refractivity contribution in [2.75, 3.05) is 0 Å². The molecular formula is C20H16N4O. The fourth-order valence-corrected chi connectivity index (χ4v) is 2.81. The van der Waals surface area contributed by atoms with Gasteiger partial charge in [-0.25, -0.2) is 4.68 Å². The zero-order chi connectivity index (χ0) is 17.6. The topological polar surface area (TPSA) is 82.5 Å². The molecule has 1 unspecified atom stereocenters. The zero-order valence-electron chi connectivity index (χ0n) is 13.6. The molecule has 0 N–H and O–H groups in total. The van der Waals surface area contributed by atoms with Gasteiger partial charge in [-0.2, -0.15) is 15.6 Å². The molecule has 3 aromatic rings. The number of hydrogen-bond donors (Lipinski definition) is 0. The average molecular weight is 328 g/mol. The maximum atomic E-state index is 12.8. The molecule has 1 heterocycles. The normalized spacial score (nSPS) is 11.6. The Bertz CT molecular complexity index is 1030. The number of benzene rings is 2. The van der Waals surface area contributed by atoms with E-state index in [1.165, 1.54) is 4.68 Å². The maximum Gasteiger partial charge on any atom is 0.274 e. The van der Waals surface area contributed by atoms with Crippen LogP contribution in [0.15, 0.2) is 59.4 Å². The quantitative estimate of drug-likeness (QED) is 0.717. The molecule has 0 fully saturated rings. The second-order valence-electron chi connectivity index (χ2n) is 5.77. The third kappa shape index (κ3) is 3.41. The Hall–Kier alpha value is -3.44. The molecule has 5 heteroatoms. The first kappa shape index (κ1) is 16.4. The number of rotatable bonds is 5. The summed E-state index contributed by atoms with van der Waals surface area (Å²) in [7, 11) is 0. The lowest BCUT2D eigenvalue weighted by Crippen LogP contribution is -2.27. The Morgan fingerprint density at radius 1 is 1.00 bits per heavy atom. The molecule has 0 saturated carbocycles. The summed E-state index contributed by atoms with van der Waals surface area (Å²) in [6.07, 6.45) is 0.709. The van der Waals surface area contributed by atoms with Crippen molar-refractivity contribution in [3.05, 3.63) is 65.0 Å². The van der Waals surface area contributed by atoms with Crippen molar-refractivity contribution in [1.82, 2.24) is 9.78 Å². The van der Waals surface area contributed by atoms with E-state index in [2.05, 4.69) is 11.2 Å². The lowest BCUT2D eigenvalue weighted by molar-refractivity contribution is 0.463. The molecule has 25 heavy (non-hydrogen) atoms. The SMILES string of the molecule is N#CCCC(C#N)Cn1nc(-c2ccccc2)c2ccccc2c1=O. The standard InChI is InChI=1S/C20H16N4O/c21-12-6-7-15(13-22)14-24-20(25)18-11-5-4-10-17(18)19(23-24)16-8-2-1-3-9-16/h1-5,8-11,15H,6-7,14H2. The first-order valence-corrected chi connectivity index (χ1v) is 8.06. The van der Waals surface area contributed by atoms with E-state index >= 15 is 0 Å². The smallest absolute Gasteiger partial charge is 0.267 e. The number of fused-ring (bicyclic) bond motifs is 1. The number of nitriles is 2. The molecule has 0 spiro atoms. The molecule has 3 rings (SSSR count). The second-order valence-corrected chi connectivity index (χ2v) is 5.77. The molecule has 2 aromatic carbocycles. The van der Waals surface area contributed by atoms with E-state index in [1.54, 1.807) is 6.07 Å². The number of nitrogens with zero attached hydrogens (tertiary/aromatic N) is 4. The van der Waals surface area contributed by atoms with Crippen LogP contribution in [0.2, 0.25) is 0 Å². The van der Waals surface area contributed by atoms with E-state index in [4.69, 9.17) is 5.26 Å². The molecule has 5 nitrogen and oxygen atoms in total. The maximum absolute atomic E-state index is 12.8. The summed E-state index contributed by atoms with van der Waals surface area (Å²) in [5.41, 5.74) is 1.42. The summed E-state index contributed by atoms with van der Waals surface area (Å²) in [4.78, 5) is 12.8. The Balaban J connectivity index is 2.14. The molecule has 0 aliphatic heterocycles. The van der Waals surface area contributed by atoms with Crippen molar-refractivity contribution in [3.63, 3.8) is 0 Å². The van der Waals surface area contributed by atoms with Gasteiger partial charge in [-0.3, -0.25) is 4.79 Å². The summed E-state index contributed by atoms with van der Waals surface area (Å²) < 4.78 is 1.36. The zero-order valence-corrected chi connectivity index (χ0v) is 13.6. The van der Waals surface area contributed by atoms with Crippen molar-refractivity contribution in [2.45, 2.75) is 19.4 Å². The Morgan fingerprint density at radius 3 is 2.36 bits per heavy atom. The molecule has 0 bridgehead atoms. The molecule has 1 aromatic heterocycles. The van der Waals surface area contributed by atoms with Crippen molar-refractivity contribution in [3.8, 4) is 23.4 Å². The molecule has 0 amide bonds. The highest BCUT2D eigenvalue weighted by molar-refractivity contribution is 5.93. The highest BCUT2D eigenvalue weighted by Gasteiger charge is 2.15. The lowest BCUT2D eigenvalue weighted by Gasteiger charge is -2.13. The molecule has 0 radical (unpaired) electrons. The van der Waals surface area contributed by atoms with Gasteiger partial charge in [0.2, 0.25) is 0 Å². The minimum Gasteiger partial charge on any atom is -0.267 e. The predicted molar refractivity (Wildman–Crippen MR) is 95.4 cm³/mol. The van der Waals surface area contributed by atoms with Crippen molar-refractivity contribution in [2.24, 2.45) is 5.92 Å². The van der Waals surface area contributed by atoms with Gasteiger partial charge in [0.15, 0.2) is 0 Å². The number of hydrogen-bond acceptors (Lipinski definition) is 4. The van der Waals surface area contributed by atoms with E-state index in [0.29, 0.717) is 17.5 Å². The van der Waals surface area contributed by atoms with E-state index in [1.807, 2.05) is 54.6 Å². The van der Waals surface area contributed by atoms with Crippen LogP contribution >= 0.6 is 0 Å². The lowest BCUT2D eigenvalue weighted by atomic mass is 10.0. The average Bonchev–Trinajstić information content (AvgIpc) is 2.67. The van der Waals surface area contributed by atoms with E-state index in [-0.39, 0.29) is 18.5 Å². The van der Waals surface area contributed by atoms with Gasteiger partial charge in [-0.15, -0.1) is 0 Å². The highest BCUT2D eigenvalue weighted by atomic mass is 16.1. The van der Waals surface area contributed by atoms with Crippen LogP contribution in [0.25, 0.3) is 22.0 Å². The van der Waals surface area contributed by atoms with Crippen molar-refractivity contribution in [1.29, 1.82) is 10.5 Å². The van der Waals surface area contributed by atoms with Crippen LogP contribution in [0.4, 0.5) is 0 Å². The van der Waals surface area contributed by atoms with Crippen molar-refractivity contribution >= 4 is 10.8 Å². The highest BCUT2D eigenvalue weighted by Crippen LogP contribution is 2.24.